The minimum absolute atomic E-state index is 0.0344. The van der Waals surface area contributed by atoms with Crippen molar-refractivity contribution in [2.75, 3.05) is 42.9 Å². The molecule has 2 heterocycles. The fourth-order valence-electron chi connectivity index (χ4n) is 2.66. The second-order valence-corrected chi connectivity index (χ2v) is 6.45. The van der Waals surface area contributed by atoms with E-state index in [0.717, 1.165) is 32.1 Å². The first kappa shape index (κ1) is 17.0. The standard InChI is InChI=1S/C16H17Cl2N5O/c17-13-3-2-12(10-14(13)18)21-15(24)11-22-6-8-23(9-7-22)16-19-4-1-5-20-16/h1-5,10H,6-9,11H2,(H,21,24)/p+1. The first-order valence-electron chi connectivity index (χ1n) is 7.72. The van der Waals surface area contributed by atoms with Gasteiger partial charge in [0.15, 0.2) is 6.54 Å². The molecule has 1 aromatic carbocycles. The van der Waals surface area contributed by atoms with Crippen LogP contribution in [0.3, 0.4) is 0 Å². The number of halogens is 2. The predicted molar refractivity (Wildman–Crippen MR) is 94.9 cm³/mol. The number of hydrogen-bond acceptors (Lipinski definition) is 4. The van der Waals surface area contributed by atoms with E-state index < -0.39 is 0 Å². The SMILES string of the molecule is O=C(C[NH+]1CCN(c2ncccn2)CC1)Nc1ccc(Cl)c(Cl)c1. The molecule has 8 heteroatoms. The van der Waals surface area contributed by atoms with Gasteiger partial charge in [0.2, 0.25) is 5.95 Å². The van der Waals surface area contributed by atoms with Crippen LogP contribution in [0.15, 0.2) is 36.7 Å². The third-order valence-corrected chi connectivity index (χ3v) is 4.66. The van der Waals surface area contributed by atoms with Gasteiger partial charge in [0.1, 0.15) is 0 Å². The van der Waals surface area contributed by atoms with Crippen molar-refractivity contribution in [1.29, 1.82) is 0 Å². The van der Waals surface area contributed by atoms with Crippen LogP contribution in [0.2, 0.25) is 10.0 Å². The Bertz CT molecular complexity index is 705. The number of rotatable bonds is 4. The molecule has 1 amide bonds. The highest BCUT2D eigenvalue weighted by Gasteiger charge is 2.23. The van der Waals surface area contributed by atoms with Gasteiger partial charge >= 0.3 is 0 Å². The molecule has 0 radical (unpaired) electrons. The van der Waals surface area contributed by atoms with Crippen LogP contribution in [0.5, 0.6) is 0 Å². The van der Waals surface area contributed by atoms with Crippen LogP contribution in [-0.4, -0.2) is 48.6 Å². The van der Waals surface area contributed by atoms with Crippen molar-refractivity contribution >= 4 is 40.7 Å². The fourth-order valence-corrected chi connectivity index (χ4v) is 2.96. The molecule has 1 saturated heterocycles. The summed E-state index contributed by atoms with van der Waals surface area (Å²) in [7, 11) is 0. The average Bonchev–Trinajstić information content (AvgIpc) is 2.59. The quantitative estimate of drug-likeness (QED) is 0.851. The van der Waals surface area contributed by atoms with E-state index in [1.54, 1.807) is 36.7 Å². The van der Waals surface area contributed by atoms with E-state index >= 15 is 0 Å². The lowest BCUT2D eigenvalue weighted by Crippen LogP contribution is -3.15. The van der Waals surface area contributed by atoms with Crippen molar-refractivity contribution in [1.82, 2.24) is 9.97 Å². The molecule has 2 aromatic rings. The number of nitrogens with one attached hydrogen (secondary N) is 2. The lowest BCUT2D eigenvalue weighted by Gasteiger charge is -2.31. The van der Waals surface area contributed by atoms with E-state index in [1.165, 1.54) is 4.90 Å². The molecule has 0 bridgehead atoms. The zero-order valence-corrected chi connectivity index (χ0v) is 14.5. The monoisotopic (exact) mass is 366 g/mol. The first-order chi connectivity index (χ1) is 11.6. The van der Waals surface area contributed by atoms with Crippen molar-refractivity contribution in [3.05, 3.63) is 46.7 Å². The molecule has 1 aliphatic heterocycles. The zero-order chi connectivity index (χ0) is 16.9. The maximum absolute atomic E-state index is 12.2. The van der Waals surface area contributed by atoms with Gasteiger partial charge in [-0.05, 0) is 24.3 Å². The highest BCUT2D eigenvalue weighted by atomic mass is 35.5. The van der Waals surface area contributed by atoms with E-state index in [0.29, 0.717) is 22.3 Å². The van der Waals surface area contributed by atoms with E-state index in [9.17, 15) is 4.79 Å². The van der Waals surface area contributed by atoms with Crippen LogP contribution in [0, 0.1) is 0 Å². The molecular formula is C16H18Cl2N5O+. The smallest absolute Gasteiger partial charge is 0.279 e. The second-order valence-electron chi connectivity index (χ2n) is 5.64. The van der Waals surface area contributed by atoms with Crippen LogP contribution < -0.4 is 15.1 Å². The Balaban J connectivity index is 1.49. The largest absolute Gasteiger partial charge is 0.330 e. The number of amides is 1. The molecule has 1 fully saturated rings. The van der Waals surface area contributed by atoms with Crippen molar-refractivity contribution in [2.24, 2.45) is 0 Å². The molecular weight excluding hydrogens is 349 g/mol. The van der Waals surface area contributed by atoms with Crippen LogP contribution in [0.25, 0.3) is 0 Å². The summed E-state index contributed by atoms with van der Waals surface area (Å²) in [5.41, 5.74) is 0.658. The number of carbonyl (C=O) groups excluding carboxylic acids is 1. The molecule has 0 atom stereocenters. The van der Waals surface area contributed by atoms with Gasteiger partial charge in [0, 0.05) is 18.1 Å². The maximum Gasteiger partial charge on any atom is 0.279 e. The highest BCUT2D eigenvalue weighted by Crippen LogP contribution is 2.24. The fraction of sp³-hybridized carbons (Fsp3) is 0.312. The summed E-state index contributed by atoms with van der Waals surface area (Å²) in [6.07, 6.45) is 3.48. The molecule has 0 aliphatic carbocycles. The third kappa shape index (κ3) is 4.35. The molecule has 0 saturated carbocycles. The van der Waals surface area contributed by atoms with E-state index in [2.05, 4.69) is 20.2 Å². The molecule has 1 aliphatic rings. The number of quaternary nitrogens is 1. The molecule has 2 N–H and O–H groups in total. The summed E-state index contributed by atoms with van der Waals surface area (Å²) >= 11 is 11.8. The summed E-state index contributed by atoms with van der Waals surface area (Å²) in [5.74, 6) is 0.713. The van der Waals surface area contributed by atoms with E-state index in [4.69, 9.17) is 23.2 Å². The minimum atomic E-state index is -0.0344. The number of anilines is 2. The molecule has 24 heavy (non-hydrogen) atoms. The lowest BCUT2D eigenvalue weighted by atomic mass is 10.3. The predicted octanol–water partition coefficient (Wildman–Crippen LogP) is 1.13. The number of piperazine rings is 1. The minimum Gasteiger partial charge on any atom is -0.330 e. The number of aromatic nitrogens is 2. The maximum atomic E-state index is 12.2. The van der Waals surface area contributed by atoms with Crippen LogP contribution >= 0.6 is 23.2 Å². The molecule has 6 nitrogen and oxygen atoms in total. The lowest BCUT2D eigenvalue weighted by molar-refractivity contribution is -0.892. The highest BCUT2D eigenvalue weighted by molar-refractivity contribution is 6.42. The van der Waals surface area contributed by atoms with Crippen molar-refractivity contribution in [2.45, 2.75) is 0 Å². The van der Waals surface area contributed by atoms with Gasteiger partial charge in [-0.15, -0.1) is 0 Å². The van der Waals surface area contributed by atoms with Crippen LogP contribution in [0.4, 0.5) is 11.6 Å². The zero-order valence-electron chi connectivity index (χ0n) is 13.0. The summed E-state index contributed by atoms with van der Waals surface area (Å²) in [6, 6.07) is 6.87. The average molecular weight is 367 g/mol. The molecule has 3 rings (SSSR count). The molecule has 0 spiro atoms. The van der Waals surface area contributed by atoms with E-state index in [-0.39, 0.29) is 5.91 Å². The van der Waals surface area contributed by atoms with Crippen molar-refractivity contribution in [3.8, 4) is 0 Å². The van der Waals surface area contributed by atoms with Gasteiger partial charge < -0.3 is 15.1 Å². The van der Waals surface area contributed by atoms with Gasteiger partial charge in [-0.2, -0.15) is 0 Å². The summed E-state index contributed by atoms with van der Waals surface area (Å²) in [4.78, 5) is 24.1. The first-order valence-corrected chi connectivity index (χ1v) is 8.48. The Kier molecular flexibility index (Phi) is 5.50. The van der Waals surface area contributed by atoms with Crippen molar-refractivity contribution in [3.63, 3.8) is 0 Å². The Labute approximate surface area is 150 Å². The van der Waals surface area contributed by atoms with Gasteiger partial charge in [-0.3, -0.25) is 4.79 Å². The molecule has 1 aromatic heterocycles. The van der Waals surface area contributed by atoms with Crippen LogP contribution in [0.1, 0.15) is 0 Å². The number of carbonyl (C=O) groups is 1. The van der Waals surface area contributed by atoms with Crippen LogP contribution in [-0.2, 0) is 4.79 Å². The molecule has 126 valence electrons. The number of nitrogens with zero attached hydrogens (tertiary/aromatic N) is 3. The Morgan fingerprint density at radius 3 is 2.54 bits per heavy atom. The Morgan fingerprint density at radius 2 is 1.88 bits per heavy atom. The summed E-state index contributed by atoms with van der Waals surface area (Å²) in [5, 5.41) is 3.76. The summed E-state index contributed by atoms with van der Waals surface area (Å²) < 4.78 is 0. The summed E-state index contributed by atoms with van der Waals surface area (Å²) in [6.45, 7) is 3.82. The molecule has 0 unspecified atom stereocenters. The Morgan fingerprint density at radius 1 is 1.17 bits per heavy atom. The van der Waals surface area contributed by atoms with Gasteiger partial charge in [-0.1, -0.05) is 23.2 Å². The number of hydrogen-bond donors (Lipinski definition) is 2. The van der Waals surface area contributed by atoms with Gasteiger partial charge in [-0.25, -0.2) is 9.97 Å². The van der Waals surface area contributed by atoms with Gasteiger partial charge in [0.25, 0.3) is 5.91 Å². The van der Waals surface area contributed by atoms with Gasteiger partial charge in [0.05, 0.1) is 36.2 Å². The number of benzene rings is 1. The second kappa shape index (κ2) is 7.79. The Hall–Kier alpha value is -1.89. The third-order valence-electron chi connectivity index (χ3n) is 3.92. The topological polar surface area (TPSA) is 62.6 Å². The normalized spacial score (nSPS) is 15.3. The van der Waals surface area contributed by atoms with Crippen molar-refractivity contribution < 1.29 is 9.69 Å². The van der Waals surface area contributed by atoms with E-state index in [1.807, 2.05) is 0 Å².